The maximum absolute atomic E-state index is 10.8. The van der Waals surface area contributed by atoms with Gasteiger partial charge in [-0.2, -0.15) is 0 Å². The molecule has 0 N–H and O–H groups in total. The Labute approximate surface area is 68.8 Å². The highest BCUT2D eigenvalue weighted by atomic mass is 16.1. The zero-order valence-corrected chi connectivity index (χ0v) is 7.34. The third-order valence-corrected chi connectivity index (χ3v) is 1.42. The van der Waals surface area contributed by atoms with E-state index in [9.17, 15) is 4.79 Å². The molecule has 0 atom stereocenters. The van der Waals surface area contributed by atoms with E-state index < -0.39 is 0 Å². The highest BCUT2D eigenvalue weighted by Gasteiger charge is 1.93. The SMILES string of the molecule is CC=CC=CCCC(=O)CC. The molecule has 0 aliphatic rings. The van der Waals surface area contributed by atoms with Gasteiger partial charge < -0.3 is 0 Å². The summed E-state index contributed by atoms with van der Waals surface area (Å²) in [6.45, 7) is 3.87. The Hall–Kier alpha value is -0.850. The largest absolute Gasteiger partial charge is 0.300 e. The van der Waals surface area contributed by atoms with Crippen molar-refractivity contribution in [2.45, 2.75) is 33.1 Å². The molecule has 0 fully saturated rings. The summed E-state index contributed by atoms with van der Waals surface area (Å²) < 4.78 is 0. The third kappa shape index (κ3) is 7.04. The van der Waals surface area contributed by atoms with Gasteiger partial charge in [-0.25, -0.2) is 0 Å². The number of carbonyl (C=O) groups excluding carboxylic acids is 1. The lowest BCUT2D eigenvalue weighted by Gasteiger charge is -1.89. The summed E-state index contributed by atoms with van der Waals surface area (Å²) in [4.78, 5) is 10.8. The molecular weight excluding hydrogens is 136 g/mol. The molecule has 0 unspecified atom stereocenters. The molecule has 0 aromatic rings. The van der Waals surface area contributed by atoms with Crippen LogP contribution in [0.2, 0.25) is 0 Å². The zero-order chi connectivity index (χ0) is 8.53. The fourth-order valence-corrected chi connectivity index (χ4v) is 0.707. The Bertz CT molecular complexity index is 154. The van der Waals surface area contributed by atoms with Crippen LogP contribution in [-0.2, 0) is 4.79 Å². The first kappa shape index (κ1) is 10.2. The van der Waals surface area contributed by atoms with Crippen LogP contribution in [0.25, 0.3) is 0 Å². The number of hydrogen-bond acceptors (Lipinski definition) is 1. The van der Waals surface area contributed by atoms with Crippen molar-refractivity contribution >= 4 is 5.78 Å². The van der Waals surface area contributed by atoms with Crippen molar-refractivity contribution in [3.63, 3.8) is 0 Å². The van der Waals surface area contributed by atoms with Crippen molar-refractivity contribution in [1.82, 2.24) is 0 Å². The molecule has 1 nitrogen and oxygen atoms in total. The number of allylic oxidation sites excluding steroid dienone is 4. The first-order chi connectivity index (χ1) is 5.31. The van der Waals surface area contributed by atoms with Gasteiger partial charge in [-0.3, -0.25) is 4.79 Å². The van der Waals surface area contributed by atoms with Crippen LogP contribution in [-0.4, -0.2) is 5.78 Å². The molecule has 1 heteroatoms. The third-order valence-electron chi connectivity index (χ3n) is 1.42. The van der Waals surface area contributed by atoms with Crippen molar-refractivity contribution in [3.05, 3.63) is 24.3 Å². The van der Waals surface area contributed by atoms with Crippen LogP contribution in [0.5, 0.6) is 0 Å². The van der Waals surface area contributed by atoms with Crippen molar-refractivity contribution in [2.75, 3.05) is 0 Å². The average Bonchev–Trinajstić information content (AvgIpc) is 2.04. The maximum Gasteiger partial charge on any atom is 0.132 e. The van der Waals surface area contributed by atoms with E-state index in [1.807, 2.05) is 38.2 Å². The molecule has 0 saturated heterocycles. The zero-order valence-electron chi connectivity index (χ0n) is 7.34. The summed E-state index contributed by atoms with van der Waals surface area (Å²) >= 11 is 0. The van der Waals surface area contributed by atoms with Crippen molar-refractivity contribution in [3.8, 4) is 0 Å². The molecule has 11 heavy (non-hydrogen) atoms. The Morgan fingerprint density at radius 3 is 2.64 bits per heavy atom. The number of hydrogen-bond donors (Lipinski definition) is 0. The molecule has 0 radical (unpaired) electrons. The minimum absolute atomic E-state index is 0.343. The van der Waals surface area contributed by atoms with E-state index in [4.69, 9.17) is 0 Å². The molecule has 0 aliphatic carbocycles. The van der Waals surface area contributed by atoms with Gasteiger partial charge in [0.2, 0.25) is 0 Å². The molecule has 0 rings (SSSR count). The summed E-state index contributed by atoms with van der Waals surface area (Å²) in [6, 6.07) is 0. The Morgan fingerprint density at radius 2 is 2.09 bits per heavy atom. The van der Waals surface area contributed by atoms with Gasteiger partial charge in [-0.15, -0.1) is 0 Å². The van der Waals surface area contributed by atoms with Gasteiger partial charge in [0.15, 0.2) is 0 Å². The predicted molar refractivity (Wildman–Crippen MR) is 48.5 cm³/mol. The highest BCUT2D eigenvalue weighted by molar-refractivity contribution is 5.78. The first-order valence-corrected chi connectivity index (χ1v) is 4.10. The second-order valence-corrected chi connectivity index (χ2v) is 2.38. The van der Waals surface area contributed by atoms with Gasteiger partial charge in [0, 0.05) is 12.8 Å². The van der Waals surface area contributed by atoms with Crippen LogP contribution in [0.4, 0.5) is 0 Å². The standard InChI is InChI=1S/C10H16O/c1-3-5-6-7-8-9-10(11)4-2/h3,5-7H,4,8-9H2,1-2H3. The van der Waals surface area contributed by atoms with E-state index in [0.717, 1.165) is 6.42 Å². The lowest BCUT2D eigenvalue weighted by molar-refractivity contribution is -0.118. The molecule has 0 aromatic carbocycles. The lowest BCUT2D eigenvalue weighted by Crippen LogP contribution is -1.92. The fraction of sp³-hybridized carbons (Fsp3) is 0.500. The molecule has 0 heterocycles. The normalized spacial score (nSPS) is 11.5. The van der Waals surface area contributed by atoms with E-state index in [-0.39, 0.29) is 0 Å². The molecular formula is C10H16O. The van der Waals surface area contributed by atoms with Gasteiger partial charge in [0.05, 0.1) is 0 Å². The van der Waals surface area contributed by atoms with Crippen LogP contribution >= 0.6 is 0 Å². The lowest BCUT2D eigenvalue weighted by atomic mass is 10.2. The van der Waals surface area contributed by atoms with Crippen LogP contribution in [0.15, 0.2) is 24.3 Å². The van der Waals surface area contributed by atoms with E-state index >= 15 is 0 Å². The molecule has 0 aliphatic heterocycles. The molecule has 0 amide bonds. The Morgan fingerprint density at radius 1 is 1.36 bits per heavy atom. The van der Waals surface area contributed by atoms with Gasteiger partial charge >= 0.3 is 0 Å². The Kier molecular flexibility index (Phi) is 6.70. The van der Waals surface area contributed by atoms with Gasteiger partial charge in [0.1, 0.15) is 5.78 Å². The average molecular weight is 152 g/mol. The van der Waals surface area contributed by atoms with E-state index in [0.29, 0.717) is 18.6 Å². The van der Waals surface area contributed by atoms with Crippen LogP contribution < -0.4 is 0 Å². The molecule has 62 valence electrons. The number of ketones is 1. The van der Waals surface area contributed by atoms with Crippen LogP contribution in [0, 0.1) is 0 Å². The molecule has 0 aromatic heterocycles. The monoisotopic (exact) mass is 152 g/mol. The van der Waals surface area contributed by atoms with E-state index in [1.54, 1.807) is 0 Å². The van der Waals surface area contributed by atoms with Crippen molar-refractivity contribution in [1.29, 1.82) is 0 Å². The van der Waals surface area contributed by atoms with Crippen LogP contribution in [0.1, 0.15) is 33.1 Å². The van der Waals surface area contributed by atoms with Gasteiger partial charge in [-0.05, 0) is 13.3 Å². The number of rotatable bonds is 5. The smallest absolute Gasteiger partial charge is 0.132 e. The minimum atomic E-state index is 0.343. The van der Waals surface area contributed by atoms with E-state index in [1.165, 1.54) is 0 Å². The maximum atomic E-state index is 10.8. The van der Waals surface area contributed by atoms with Crippen molar-refractivity contribution in [2.24, 2.45) is 0 Å². The Balaban J connectivity index is 3.33. The highest BCUT2D eigenvalue weighted by Crippen LogP contribution is 1.95. The second kappa shape index (κ2) is 7.26. The molecule has 0 saturated carbocycles. The summed E-state index contributed by atoms with van der Waals surface area (Å²) in [6.07, 6.45) is 10.2. The summed E-state index contributed by atoms with van der Waals surface area (Å²) in [7, 11) is 0. The quantitative estimate of drug-likeness (QED) is 0.553. The number of carbonyl (C=O) groups is 1. The summed E-state index contributed by atoms with van der Waals surface area (Å²) in [5.41, 5.74) is 0. The van der Waals surface area contributed by atoms with Crippen LogP contribution in [0.3, 0.4) is 0 Å². The molecule has 0 spiro atoms. The topological polar surface area (TPSA) is 17.1 Å². The van der Waals surface area contributed by atoms with Crippen molar-refractivity contribution < 1.29 is 4.79 Å². The summed E-state index contributed by atoms with van der Waals surface area (Å²) in [5.74, 6) is 0.343. The summed E-state index contributed by atoms with van der Waals surface area (Å²) in [5, 5.41) is 0. The first-order valence-electron chi connectivity index (χ1n) is 4.10. The van der Waals surface area contributed by atoms with E-state index in [2.05, 4.69) is 0 Å². The molecule has 0 bridgehead atoms. The number of Topliss-reactive ketones (excluding diaryl/α,β-unsaturated/α-hetero) is 1. The van der Waals surface area contributed by atoms with Gasteiger partial charge in [-0.1, -0.05) is 31.2 Å². The predicted octanol–water partition coefficient (Wildman–Crippen LogP) is 2.88. The minimum Gasteiger partial charge on any atom is -0.300 e. The van der Waals surface area contributed by atoms with Gasteiger partial charge in [0.25, 0.3) is 0 Å². The second-order valence-electron chi connectivity index (χ2n) is 2.38. The fourth-order valence-electron chi connectivity index (χ4n) is 0.707.